The first kappa shape index (κ1) is 52.7. The maximum absolute atomic E-state index is 12.7. The van der Waals surface area contributed by atoms with E-state index in [2.05, 4.69) is 18.7 Å². The van der Waals surface area contributed by atoms with Gasteiger partial charge in [-0.15, -0.1) is 0 Å². The number of hydrogen-bond donors (Lipinski definition) is 1. The van der Waals surface area contributed by atoms with E-state index in [4.69, 9.17) is 18.5 Å². The summed E-state index contributed by atoms with van der Waals surface area (Å²) in [5, 5.41) is 11.0. The summed E-state index contributed by atoms with van der Waals surface area (Å²) < 4.78 is 34.2. The number of unbranched alkanes of at least 4 members (excludes halogenated alkanes) is 21. The van der Waals surface area contributed by atoms with E-state index in [1.54, 1.807) is 0 Å². The Morgan fingerprint density at radius 3 is 1.65 bits per heavy atom. The van der Waals surface area contributed by atoms with Crippen molar-refractivity contribution in [1.82, 2.24) is 0 Å². The van der Waals surface area contributed by atoms with Crippen molar-refractivity contribution in [3.8, 4) is 0 Å². The zero-order chi connectivity index (χ0) is 40.2. The Morgan fingerprint density at radius 2 is 1.13 bits per heavy atom. The first-order valence-corrected chi connectivity index (χ1v) is 23.1. The van der Waals surface area contributed by atoms with Gasteiger partial charge in [-0.1, -0.05) is 154 Å². The Morgan fingerprint density at radius 1 is 0.648 bits per heavy atom. The van der Waals surface area contributed by atoms with Crippen LogP contribution in [-0.4, -0.2) is 81.0 Å². The minimum Gasteiger partial charge on any atom is -0.462 e. The molecule has 0 spiro atoms. The highest BCUT2D eigenvalue weighted by molar-refractivity contribution is 7.47. The summed E-state index contributed by atoms with van der Waals surface area (Å²) in [6.45, 7) is 4.25. The van der Waals surface area contributed by atoms with Crippen molar-refractivity contribution in [2.24, 2.45) is 0 Å². The van der Waals surface area contributed by atoms with Crippen LogP contribution in [0.5, 0.6) is 0 Å². The predicted molar refractivity (Wildman–Crippen MR) is 216 cm³/mol. The number of nitrogens with zero attached hydrogens (tertiary/aromatic N) is 1. The number of allylic oxidation sites excluding steroid dienone is 1. The number of hydrogen-bond acceptors (Lipinski definition) is 8. The van der Waals surface area contributed by atoms with Gasteiger partial charge >= 0.3 is 19.8 Å². The van der Waals surface area contributed by atoms with E-state index in [0.717, 1.165) is 70.6 Å². The molecule has 0 aliphatic rings. The summed E-state index contributed by atoms with van der Waals surface area (Å²) in [4.78, 5) is 39.7. The molecule has 0 bridgehead atoms. The van der Waals surface area contributed by atoms with Crippen molar-refractivity contribution in [3.05, 3.63) is 12.2 Å². The molecule has 0 aromatic heterocycles. The third-order valence-corrected chi connectivity index (χ3v) is 10.5. The van der Waals surface area contributed by atoms with E-state index in [1.165, 1.54) is 83.5 Å². The second kappa shape index (κ2) is 36.0. The number of quaternary nitrogens is 1. The maximum Gasteiger partial charge on any atom is 0.472 e. The molecule has 0 aromatic carbocycles. The number of phosphoric ester groups is 1. The van der Waals surface area contributed by atoms with Crippen LogP contribution in [0.4, 0.5) is 0 Å². The molecule has 319 valence electrons. The minimum absolute atomic E-state index is 0.0143. The molecular weight excluding hydrogens is 709 g/mol. The predicted octanol–water partition coefficient (Wildman–Crippen LogP) is 11.1. The fourth-order valence-corrected chi connectivity index (χ4v) is 6.73. The van der Waals surface area contributed by atoms with Crippen LogP contribution in [0.15, 0.2) is 12.2 Å². The fourth-order valence-electron chi connectivity index (χ4n) is 5.99. The Kier molecular flexibility index (Phi) is 35.2. The molecule has 0 aliphatic heterocycles. The van der Waals surface area contributed by atoms with Gasteiger partial charge < -0.3 is 18.9 Å². The van der Waals surface area contributed by atoms with Crippen molar-refractivity contribution < 1.29 is 52.2 Å². The van der Waals surface area contributed by atoms with Crippen molar-refractivity contribution >= 4 is 19.8 Å². The Hall–Kier alpha value is -1.33. The Labute approximate surface area is 330 Å². The molecule has 3 atom stereocenters. The van der Waals surface area contributed by atoms with Gasteiger partial charge in [0.25, 0.3) is 0 Å². The van der Waals surface area contributed by atoms with Gasteiger partial charge in [0, 0.05) is 12.8 Å². The minimum atomic E-state index is -4.40. The second-order valence-electron chi connectivity index (χ2n) is 16.0. The van der Waals surface area contributed by atoms with Gasteiger partial charge in [-0.2, -0.15) is 4.89 Å². The highest BCUT2D eigenvalue weighted by Gasteiger charge is 2.27. The van der Waals surface area contributed by atoms with Gasteiger partial charge in [-0.05, 0) is 37.4 Å². The van der Waals surface area contributed by atoms with Crippen molar-refractivity contribution in [2.75, 3.05) is 47.5 Å². The standard InChI is InChI=1S/C42H81NO10P/c1-6-8-10-12-13-14-15-16-17-18-21-25-29-33-41(44)49-37-40(38-51-54(47,48)50-36-35-43(3,4)5)52-42(45)34-30-26-22-19-20-24-28-32-39(53-46)31-27-23-11-9-7-2/h28,32,39-40H,6-27,29-31,33-38H2,1-5H3/p+1/b32-28-/t39?,40-/m0/s1. The van der Waals surface area contributed by atoms with Gasteiger partial charge in [0.05, 0.1) is 27.7 Å². The number of carbonyl (C=O) groups is 2. The maximum atomic E-state index is 12.7. The first-order chi connectivity index (χ1) is 25.9. The summed E-state index contributed by atoms with van der Waals surface area (Å²) in [6.07, 6.45) is 30.6. The van der Waals surface area contributed by atoms with Gasteiger partial charge in [0.2, 0.25) is 0 Å². The lowest BCUT2D eigenvalue weighted by Gasteiger charge is -2.24. The molecule has 0 rings (SSSR count). The fraction of sp³-hybridized carbons (Fsp3) is 0.905. The summed E-state index contributed by atoms with van der Waals surface area (Å²) in [5.41, 5.74) is 0. The highest BCUT2D eigenvalue weighted by Crippen LogP contribution is 2.43. The molecular formula is C42H82NO10P+. The molecule has 0 saturated heterocycles. The molecule has 0 aromatic rings. The number of carbonyl (C=O) groups excluding carboxylic acids is 2. The van der Waals surface area contributed by atoms with E-state index in [1.807, 2.05) is 33.3 Å². The van der Waals surface area contributed by atoms with E-state index < -0.39 is 26.5 Å². The topological polar surface area (TPSA) is 137 Å². The molecule has 12 heteroatoms. The number of phosphoric acid groups is 1. The molecule has 0 saturated carbocycles. The van der Waals surface area contributed by atoms with Crippen LogP contribution in [0.2, 0.25) is 0 Å². The van der Waals surface area contributed by atoms with Crippen LogP contribution in [0.1, 0.15) is 187 Å². The largest absolute Gasteiger partial charge is 0.472 e. The van der Waals surface area contributed by atoms with Gasteiger partial charge in [0.15, 0.2) is 6.10 Å². The molecule has 11 nitrogen and oxygen atoms in total. The number of esters is 2. The number of likely N-dealkylation sites (N-methyl/N-ethyl adjacent to an activating group) is 1. The smallest absolute Gasteiger partial charge is 0.462 e. The zero-order valence-corrected chi connectivity index (χ0v) is 36.1. The molecule has 1 N–H and O–H groups in total. The molecule has 0 fully saturated rings. The van der Waals surface area contributed by atoms with Crippen LogP contribution in [0.3, 0.4) is 0 Å². The van der Waals surface area contributed by atoms with Gasteiger partial charge in [0.1, 0.15) is 25.9 Å². The second-order valence-corrected chi connectivity index (χ2v) is 17.4. The van der Waals surface area contributed by atoms with Crippen molar-refractivity contribution in [2.45, 2.75) is 199 Å². The molecule has 0 aliphatic carbocycles. The van der Waals surface area contributed by atoms with Crippen LogP contribution in [-0.2, 0) is 42.8 Å². The molecule has 1 radical (unpaired) electrons. The zero-order valence-electron chi connectivity index (χ0n) is 35.2. The summed E-state index contributed by atoms with van der Waals surface area (Å²) >= 11 is 0. The lowest BCUT2D eigenvalue weighted by Crippen LogP contribution is -2.37. The number of ether oxygens (including phenoxy) is 2. The lowest BCUT2D eigenvalue weighted by molar-refractivity contribution is -0.870. The molecule has 0 heterocycles. The monoisotopic (exact) mass is 792 g/mol. The number of rotatable bonds is 40. The molecule has 2 unspecified atom stereocenters. The van der Waals surface area contributed by atoms with E-state index >= 15 is 0 Å². The van der Waals surface area contributed by atoms with Gasteiger partial charge in [-0.25, -0.2) is 4.57 Å². The Balaban J connectivity index is 4.47. The van der Waals surface area contributed by atoms with E-state index in [9.17, 15) is 24.3 Å². The van der Waals surface area contributed by atoms with Gasteiger partial charge in [-0.3, -0.25) is 18.6 Å². The van der Waals surface area contributed by atoms with Crippen LogP contribution in [0, 0.1) is 0 Å². The normalized spacial score (nSPS) is 14.3. The van der Waals surface area contributed by atoms with Crippen LogP contribution in [0.25, 0.3) is 0 Å². The van der Waals surface area contributed by atoms with Crippen LogP contribution < -0.4 is 0 Å². The summed E-state index contributed by atoms with van der Waals surface area (Å²) in [6, 6.07) is 0. The summed E-state index contributed by atoms with van der Waals surface area (Å²) in [5.74, 6) is -0.866. The van der Waals surface area contributed by atoms with Crippen LogP contribution >= 0.6 is 7.82 Å². The van der Waals surface area contributed by atoms with E-state index in [-0.39, 0.29) is 38.1 Å². The summed E-state index contributed by atoms with van der Waals surface area (Å²) in [7, 11) is 1.41. The van der Waals surface area contributed by atoms with E-state index in [0.29, 0.717) is 17.4 Å². The molecule has 0 amide bonds. The first-order valence-electron chi connectivity index (χ1n) is 21.6. The van der Waals surface area contributed by atoms with Crippen molar-refractivity contribution in [1.29, 1.82) is 0 Å². The third-order valence-electron chi connectivity index (χ3n) is 9.47. The highest BCUT2D eigenvalue weighted by atomic mass is 31.2. The quantitative estimate of drug-likeness (QED) is 0.0122. The average molecular weight is 792 g/mol. The lowest BCUT2D eigenvalue weighted by atomic mass is 10.0. The average Bonchev–Trinajstić information content (AvgIpc) is 3.12. The third kappa shape index (κ3) is 37.6. The SMILES string of the molecule is CCCCCCCCCCCCCCCC(=O)OC[C@@H](COP(=O)(O)OCC[N+](C)(C)C)OC(=O)CCCCCCC/C=C\C(CCCCCCC)O[O]. The Bertz CT molecular complexity index is 958. The van der Waals surface area contributed by atoms with Crippen molar-refractivity contribution in [3.63, 3.8) is 0 Å². The molecule has 54 heavy (non-hydrogen) atoms.